The maximum absolute atomic E-state index is 11.7. The molecule has 0 bridgehead atoms. The third-order valence-corrected chi connectivity index (χ3v) is 2.87. The fraction of sp³-hybridized carbons (Fsp3) is 0.462. The molecule has 1 unspecified atom stereocenters. The number of ether oxygens (including phenoxy) is 1. The van der Waals surface area contributed by atoms with Crippen LogP contribution in [0.5, 0.6) is 5.88 Å². The van der Waals surface area contributed by atoms with Crippen molar-refractivity contribution in [3.05, 3.63) is 23.4 Å². The van der Waals surface area contributed by atoms with Crippen LogP contribution in [-0.4, -0.2) is 53.7 Å². The van der Waals surface area contributed by atoms with E-state index in [1.165, 1.54) is 18.1 Å². The maximum atomic E-state index is 11.7. The molecule has 1 atom stereocenters. The number of nitrogens with one attached hydrogen (secondary N) is 1. The molecular weight excluding hydrogens is 298 g/mol. The molecule has 0 saturated carbocycles. The molecule has 116 valence electrons. The highest BCUT2D eigenvalue weighted by Gasteiger charge is 2.16. The Morgan fingerprint density at radius 2 is 2.24 bits per heavy atom. The van der Waals surface area contributed by atoms with E-state index in [9.17, 15) is 9.59 Å². The minimum Gasteiger partial charge on any atom is -0.481 e. The van der Waals surface area contributed by atoms with Gasteiger partial charge in [0.05, 0.1) is 17.5 Å². The summed E-state index contributed by atoms with van der Waals surface area (Å²) in [5.74, 6) is -1.14. The van der Waals surface area contributed by atoms with Gasteiger partial charge in [0, 0.05) is 25.9 Å². The van der Waals surface area contributed by atoms with Gasteiger partial charge >= 0.3 is 12.0 Å². The van der Waals surface area contributed by atoms with Gasteiger partial charge in [-0.3, -0.25) is 4.79 Å². The van der Waals surface area contributed by atoms with E-state index in [0.717, 1.165) is 0 Å². The normalized spacial score (nSPS) is 11.6. The van der Waals surface area contributed by atoms with E-state index in [2.05, 4.69) is 10.3 Å². The van der Waals surface area contributed by atoms with E-state index < -0.39 is 11.9 Å². The third kappa shape index (κ3) is 6.31. The van der Waals surface area contributed by atoms with Crippen molar-refractivity contribution in [3.8, 4) is 5.88 Å². The molecule has 0 aromatic carbocycles. The van der Waals surface area contributed by atoms with Gasteiger partial charge in [-0.15, -0.1) is 0 Å². The summed E-state index contributed by atoms with van der Waals surface area (Å²) in [5, 5.41) is 11.9. The fourth-order valence-electron chi connectivity index (χ4n) is 1.47. The SMILES string of the molecule is CC(CN(C)C(=O)NCCOc1ccc(Cl)cn1)C(=O)O. The lowest BCUT2D eigenvalue weighted by Gasteiger charge is -2.19. The Morgan fingerprint density at radius 3 is 2.81 bits per heavy atom. The number of aliphatic carboxylic acids is 1. The van der Waals surface area contributed by atoms with E-state index in [-0.39, 0.29) is 25.7 Å². The lowest BCUT2D eigenvalue weighted by atomic mass is 10.2. The van der Waals surface area contributed by atoms with E-state index in [1.54, 1.807) is 19.1 Å². The first kappa shape index (κ1) is 17.0. The Morgan fingerprint density at radius 1 is 1.52 bits per heavy atom. The van der Waals surface area contributed by atoms with Crippen molar-refractivity contribution >= 4 is 23.6 Å². The molecule has 2 N–H and O–H groups in total. The van der Waals surface area contributed by atoms with E-state index in [4.69, 9.17) is 21.4 Å². The van der Waals surface area contributed by atoms with Crippen LogP contribution in [0.1, 0.15) is 6.92 Å². The maximum Gasteiger partial charge on any atom is 0.317 e. The molecule has 7 nitrogen and oxygen atoms in total. The van der Waals surface area contributed by atoms with Gasteiger partial charge in [0.15, 0.2) is 0 Å². The molecule has 0 spiro atoms. The van der Waals surface area contributed by atoms with E-state index >= 15 is 0 Å². The molecule has 1 aromatic heterocycles. The van der Waals surface area contributed by atoms with Gasteiger partial charge in [-0.05, 0) is 6.07 Å². The van der Waals surface area contributed by atoms with Crippen LogP contribution in [0.3, 0.4) is 0 Å². The number of carboxylic acid groups (broad SMARTS) is 1. The molecule has 0 radical (unpaired) electrons. The van der Waals surface area contributed by atoms with Gasteiger partial charge < -0.3 is 20.1 Å². The van der Waals surface area contributed by atoms with Crippen LogP contribution in [0.15, 0.2) is 18.3 Å². The second kappa shape index (κ2) is 8.31. The summed E-state index contributed by atoms with van der Waals surface area (Å²) in [6.07, 6.45) is 1.47. The highest BCUT2D eigenvalue weighted by Crippen LogP contribution is 2.10. The van der Waals surface area contributed by atoms with Crippen molar-refractivity contribution in [1.29, 1.82) is 0 Å². The van der Waals surface area contributed by atoms with Gasteiger partial charge in [-0.1, -0.05) is 18.5 Å². The number of hydrogen-bond donors (Lipinski definition) is 2. The average Bonchev–Trinajstić information content (AvgIpc) is 2.44. The molecule has 1 rings (SSSR count). The summed E-state index contributed by atoms with van der Waals surface area (Å²) in [7, 11) is 1.54. The van der Waals surface area contributed by atoms with Gasteiger partial charge in [-0.2, -0.15) is 0 Å². The monoisotopic (exact) mass is 315 g/mol. The summed E-state index contributed by atoms with van der Waals surface area (Å²) < 4.78 is 5.31. The molecule has 0 saturated heterocycles. The van der Waals surface area contributed by atoms with Crippen molar-refractivity contribution in [2.75, 3.05) is 26.7 Å². The second-order valence-corrected chi connectivity index (χ2v) is 4.95. The Bertz CT molecular complexity index is 481. The van der Waals surface area contributed by atoms with Crippen molar-refractivity contribution in [2.24, 2.45) is 5.92 Å². The molecule has 0 fully saturated rings. The Kier molecular flexibility index (Phi) is 6.74. The zero-order valence-electron chi connectivity index (χ0n) is 11.9. The van der Waals surface area contributed by atoms with Gasteiger partial charge in [0.25, 0.3) is 0 Å². The third-order valence-electron chi connectivity index (χ3n) is 2.64. The number of nitrogens with zero attached hydrogens (tertiary/aromatic N) is 2. The lowest BCUT2D eigenvalue weighted by molar-refractivity contribution is -0.141. The molecule has 8 heteroatoms. The molecule has 21 heavy (non-hydrogen) atoms. The molecule has 0 aliphatic rings. The lowest BCUT2D eigenvalue weighted by Crippen LogP contribution is -2.42. The molecular formula is C13H18ClN3O4. The molecule has 0 aliphatic carbocycles. The summed E-state index contributed by atoms with van der Waals surface area (Å²) in [6.45, 7) is 2.22. The second-order valence-electron chi connectivity index (χ2n) is 4.51. The molecule has 2 amide bonds. The fourth-order valence-corrected chi connectivity index (χ4v) is 1.58. The van der Waals surface area contributed by atoms with Crippen LogP contribution < -0.4 is 10.1 Å². The van der Waals surface area contributed by atoms with E-state index in [0.29, 0.717) is 10.9 Å². The van der Waals surface area contributed by atoms with Crippen LogP contribution in [0, 0.1) is 5.92 Å². The Balaban J connectivity index is 2.24. The van der Waals surface area contributed by atoms with Crippen LogP contribution in [0.25, 0.3) is 0 Å². The standard InChI is InChI=1S/C13H18ClN3O4/c1-9(12(18)19)8-17(2)13(20)15-5-6-21-11-4-3-10(14)7-16-11/h3-4,7,9H,5-6,8H2,1-2H3,(H,15,20)(H,18,19). The number of carboxylic acids is 1. The molecule has 1 aromatic rings. The first-order valence-corrected chi connectivity index (χ1v) is 6.74. The minimum absolute atomic E-state index is 0.140. The summed E-state index contributed by atoms with van der Waals surface area (Å²) in [6, 6.07) is 2.93. The topological polar surface area (TPSA) is 91.8 Å². The summed E-state index contributed by atoms with van der Waals surface area (Å²) in [4.78, 5) is 27.7. The van der Waals surface area contributed by atoms with Crippen molar-refractivity contribution in [1.82, 2.24) is 15.2 Å². The first-order valence-electron chi connectivity index (χ1n) is 6.36. The number of aromatic nitrogens is 1. The number of rotatable bonds is 7. The number of urea groups is 1. The minimum atomic E-state index is -0.938. The van der Waals surface area contributed by atoms with Crippen molar-refractivity contribution in [3.63, 3.8) is 0 Å². The predicted octanol–water partition coefficient (Wildman–Crippen LogP) is 1.48. The number of carbonyl (C=O) groups excluding carboxylic acids is 1. The number of carbonyl (C=O) groups is 2. The van der Waals surface area contributed by atoms with Crippen molar-refractivity contribution < 1.29 is 19.4 Å². The van der Waals surface area contributed by atoms with Gasteiger partial charge in [0.2, 0.25) is 5.88 Å². The summed E-state index contributed by atoms with van der Waals surface area (Å²) in [5.41, 5.74) is 0. The van der Waals surface area contributed by atoms with Crippen LogP contribution in [-0.2, 0) is 4.79 Å². The zero-order chi connectivity index (χ0) is 15.8. The number of hydrogen-bond acceptors (Lipinski definition) is 4. The molecule has 1 heterocycles. The van der Waals surface area contributed by atoms with E-state index in [1.807, 2.05) is 0 Å². The van der Waals surface area contributed by atoms with Gasteiger partial charge in [-0.25, -0.2) is 9.78 Å². The van der Waals surface area contributed by atoms with Crippen LogP contribution in [0.4, 0.5) is 4.79 Å². The number of amides is 2. The Hall–Kier alpha value is -2.02. The van der Waals surface area contributed by atoms with Gasteiger partial charge in [0.1, 0.15) is 6.61 Å². The highest BCUT2D eigenvalue weighted by molar-refractivity contribution is 6.30. The zero-order valence-corrected chi connectivity index (χ0v) is 12.6. The van der Waals surface area contributed by atoms with Crippen molar-refractivity contribution in [2.45, 2.75) is 6.92 Å². The number of halogens is 1. The molecule has 0 aliphatic heterocycles. The van der Waals surface area contributed by atoms with Crippen LogP contribution in [0.2, 0.25) is 5.02 Å². The summed E-state index contributed by atoms with van der Waals surface area (Å²) >= 11 is 5.69. The van der Waals surface area contributed by atoms with Crippen LogP contribution >= 0.6 is 11.6 Å². The largest absolute Gasteiger partial charge is 0.481 e. The highest BCUT2D eigenvalue weighted by atomic mass is 35.5. The Labute approximate surface area is 127 Å². The smallest absolute Gasteiger partial charge is 0.317 e. The first-order chi connectivity index (χ1) is 9.90. The quantitative estimate of drug-likeness (QED) is 0.744. The average molecular weight is 316 g/mol. The number of pyridine rings is 1. The predicted molar refractivity (Wildman–Crippen MR) is 77.6 cm³/mol.